The Kier molecular flexibility index (Phi) is 3.87. The lowest BCUT2D eigenvalue weighted by Gasteiger charge is -2.35. The fourth-order valence-corrected chi connectivity index (χ4v) is 3.86. The van der Waals surface area contributed by atoms with Crippen LogP contribution in [0, 0.1) is 6.92 Å². The van der Waals surface area contributed by atoms with Gasteiger partial charge in [-0.3, -0.25) is 9.69 Å². The smallest absolute Gasteiger partial charge is 0.327 e. The number of carbonyl (C=O) groups is 1. The fourth-order valence-electron chi connectivity index (χ4n) is 3.86. The van der Waals surface area contributed by atoms with Crippen molar-refractivity contribution < 1.29 is 9.53 Å². The second kappa shape index (κ2) is 6.04. The number of piperazine rings is 1. The molecular formula is C20H22N2O2. The van der Waals surface area contributed by atoms with Gasteiger partial charge in [-0.05, 0) is 18.1 Å². The molecule has 1 fully saturated rings. The molecule has 24 heavy (non-hydrogen) atoms. The molecule has 4 nitrogen and oxygen atoms in total. The highest BCUT2D eigenvalue weighted by Gasteiger charge is 2.51. The number of fused-ring (bicyclic) bond motifs is 1. The Morgan fingerprint density at radius 2 is 1.83 bits per heavy atom. The first-order valence-corrected chi connectivity index (χ1v) is 8.53. The van der Waals surface area contributed by atoms with Crippen molar-refractivity contribution in [1.29, 1.82) is 0 Å². The van der Waals surface area contributed by atoms with Crippen molar-refractivity contribution in [1.82, 2.24) is 10.2 Å². The van der Waals surface area contributed by atoms with E-state index in [9.17, 15) is 4.79 Å². The van der Waals surface area contributed by atoms with Crippen molar-refractivity contribution in [2.45, 2.75) is 12.3 Å². The van der Waals surface area contributed by atoms with E-state index in [1.165, 1.54) is 0 Å². The summed E-state index contributed by atoms with van der Waals surface area (Å²) in [6, 6.07) is 16.1. The molecule has 1 saturated heterocycles. The zero-order chi connectivity index (χ0) is 16.6. The first-order chi connectivity index (χ1) is 11.7. The van der Waals surface area contributed by atoms with Crippen molar-refractivity contribution in [3.05, 3.63) is 65.2 Å². The number of aryl methyl sites for hydroxylation is 1. The summed E-state index contributed by atoms with van der Waals surface area (Å²) in [6.07, 6.45) is 0. The third-order valence-electron chi connectivity index (χ3n) is 5.15. The van der Waals surface area contributed by atoms with Crippen LogP contribution in [-0.4, -0.2) is 43.6 Å². The van der Waals surface area contributed by atoms with Gasteiger partial charge in [0, 0.05) is 38.3 Å². The molecule has 2 aromatic rings. The van der Waals surface area contributed by atoms with Crippen LogP contribution in [0.5, 0.6) is 5.75 Å². The Labute approximate surface area is 142 Å². The summed E-state index contributed by atoms with van der Waals surface area (Å²) in [6.45, 7) is 6.47. The summed E-state index contributed by atoms with van der Waals surface area (Å²) < 4.78 is 5.77. The predicted molar refractivity (Wildman–Crippen MR) is 93.3 cm³/mol. The van der Waals surface area contributed by atoms with E-state index < -0.39 is 5.41 Å². The molecule has 0 saturated carbocycles. The van der Waals surface area contributed by atoms with Crippen LogP contribution in [0.2, 0.25) is 0 Å². The van der Waals surface area contributed by atoms with Crippen LogP contribution in [0.25, 0.3) is 0 Å². The van der Waals surface area contributed by atoms with E-state index >= 15 is 0 Å². The molecule has 0 aliphatic carbocycles. The van der Waals surface area contributed by atoms with Crippen molar-refractivity contribution in [2.75, 3.05) is 32.7 Å². The average Bonchev–Trinajstić information content (AvgIpc) is 2.91. The number of carbonyl (C=O) groups excluding carboxylic acids is 1. The number of hydrogen-bond acceptors (Lipinski definition) is 4. The maximum atomic E-state index is 13.1. The SMILES string of the molecule is Cc1cccc2c1OC(=O)C2(CN1CCNCC1)c1ccccc1. The summed E-state index contributed by atoms with van der Waals surface area (Å²) in [5.74, 6) is 0.582. The number of nitrogens with one attached hydrogen (secondary N) is 1. The molecule has 0 spiro atoms. The van der Waals surface area contributed by atoms with Gasteiger partial charge >= 0.3 is 5.97 Å². The molecule has 4 rings (SSSR count). The van der Waals surface area contributed by atoms with E-state index in [-0.39, 0.29) is 5.97 Å². The topological polar surface area (TPSA) is 41.6 Å². The first-order valence-electron chi connectivity index (χ1n) is 8.53. The second-order valence-electron chi connectivity index (χ2n) is 6.64. The standard InChI is InChI=1S/C20H22N2O2/c1-15-6-5-9-17-18(15)24-19(23)20(17,16-7-3-2-4-8-16)14-22-12-10-21-11-13-22/h2-9,21H,10-14H2,1H3. The number of benzene rings is 2. The molecule has 1 N–H and O–H groups in total. The van der Waals surface area contributed by atoms with E-state index in [2.05, 4.69) is 10.2 Å². The van der Waals surface area contributed by atoms with Gasteiger partial charge in [0.15, 0.2) is 0 Å². The summed E-state index contributed by atoms with van der Waals surface area (Å²) in [4.78, 5) is 15.5. The number of esters is 1. The largest absolute Gasteiger partial charge is 0.425 e. The molecule has 2 heterocycles. The van der Waals surface area contributed by atoms with Crippen molar-refractivity contribution in [2.24, 2.45) is 0 Å². The normalized spacial score (nSPS) is 23.8. The predicted octanol–water partition coefficient (Wildman–Crippen LogP) is 2.11. The summed E-state index contributed by atoms with van der Waals surface area (Å²) in [7, 11) is 0. The number of hydrogen-bond donors (Lipinski definition) is 1. The van der Waals surface area contributed by atoms with E-state index in [0.717, 1.165) is 48.6 Å². The van der Waals surface area contributed by atoms with E-state index in [1.807, 2.05) is 55.5 Å². The minimum atomic E-state index is -0.736. The third-order valence-corrected chi connectivity index (χ3v) is 5.15. The lowest BCUT2D eigenvalue weighted by Crippen LogP contribution is -2.52. The van der Waals surface area contributed by atoms with Crippen LogP contribution >= 0.6 is 0 Å². The van der Waals surface area contributed by atoms with Gasteiger partial charge in [0.25, 0.3) is 0 Å². The highest BCUT2D eigenvalue weighted by molar-refractivity contribution is 5.95. The van der Waals surface area contributed by atoms with Gasteiger partial charge in [-0.1, -0.05) is 48.5 Å². The average molecular weight is 322 g/mol. The van der Waals surface area contributed by atoms with E-state index in [0.29, 0.717) is 6.54 Å². The number of para-hydroxylation sites is 1. The molecule has 0 amide bonds. The summed E-state index contributed by atoms with van der Waals surface area (Å²) in [5, 5.41) is 3.37. The molecule has 0 aromatic heterocycles. The summed E-state index contributed by atoms with van der Waals surface area (Å²) >= 11 is 0. The number of rotatable bonds is 3. The molecule has 0 radical (unpaired) electrons. The van der Waals surface area contributed by atoms with Gasteiger partial charge < -0.3 is 10.1 Å². The van der Waals surface area contributed by atoms with Crippen molar-refractivity contribution in [3.8, 4) is 5.75 Å². The Balaban J connectivity index is 1.86. The Hall–Kier alpha value is -2.17. The van der Waals surface area contributed by atoms with Crippen LogP contribution < -0.4 is 10.1 Å². The molecule has 124 valence electrons. The zero-order valence-corrected chi connectivity index (χ0v) is 13.9. The molecular weight excluding hydrogens is 300 g/mol. The maximum absolute atomic E-state index is 13.1. The van der Waals surface area contributed by atoms with Gasteiger partial charge in [-0.25, -0.2) is 0 Å². The van der Waals surface area contributed by atoms with Gasteiger partial charge in [0.2, 0.25) is 0 Å². The van der Waals surface area contributed by atoms with Gasteiger partial charge in [0.1, 0.15) is 11.2 Å². The fraction of sp³-hybridized carbons (Fsp3) is 0.350. The lowest BCUT2D eigenvalue weighted by molar-refractivity contribution is -0.137. The van der Waals surface area contributed by atoms with Gasteiger partial charge in [-0.15, -0.1) is 0 Å². The molecule has 1 unspecified atom stereocenters. The van der Waals surface area contributed by atoms with Gasteiger partial charge in [0.05, 0.1) is 0 Å². The Bertz CT molecular complexity index is 753. The van der Waals surface area contributed by atoms with Crippen LogP contribution in [-0.2, 0) is 10.2 Å². The first kappa shape index (κ1) is 15.4. The van der Waals surface area contributed by atoms with Crippen LogP contribution in [0.4, 0.5) is 0 Å². The quantitative estimate of drug-likeness (QED) is 0.694. The number of nitrogens with zero attached hydrogens (tertiary/aromatic N) is 1. The molecule has 2 aliphatic rings. The summed E-state index contributed by atoms with van der Waals surface area (Å²) in [5.41, 5.74) is 2.29. The highest BCUT2D eigenvalue weighted by Crippen LogP contribution is 2.46. The second-order valence-corrected chi connectivity index (χ2v) is 6.64. The highest BCUT2D eigenvalue weighted by atomic mass is 16.5. The van der Waals surface area contributed by atoms with E-state index in [4.69, 9.17) is 4.74 Å². The van der Waals surface area contributed by atoms with E-state index in [1.54, 1.807) is 0 Å². The Morgan fingerprint density at radius 1 is 1.08 bits per heavy atom. The van der Waals surface area contributed by atoms with Gasteiger partial charge in [-0.2, -0.15) is 0 Å². The van der Waals surface area contributed by atoms with Crippen LogP contribution in [0.1, 0.15) is 16.7 Å². The van der Waals surface area contributed by atoms with Crippen LogP contribution in [0.3, 0.4) is 0 Å². The van der Waals surface area contributed by atoms with Crippen molar-refractivity contribution >= 4 is 5.97 Å². The lowest BCUT2D eigenvalue weighted by atomic mass is 9.74. The molecule has 2 aromatic carbocycles. The zero-order valence-electron chi connectivity index (χ0n) is 13.9. The molecule has 4 heteroatoms. The maximum Gasteiger partial charge on any atom is 0.327 e. The monoisotopic (exact) mass is 322 g/mol. The number of ether oxygens (including phenoxy) is 1. The van der Waals surface area contributed by atoms with Crippen LogP contribution in [0.15, 0.2) is 48.5 Å². The molecule has 1 atom stereocenters. The third kappa shape index (κ3) is 2.34. The minimum Gasteiger partial charge on any atom is -0.425 e. The molecule has 2 aliphatic heterocycles. The molecule has 0 bridgehead atoms. The Morgan fingerprint density at radius 3 is 2.58 bits per heavy atom. The van der Waals surface area contributed by atoms with Crippen molar-refractivity contribution in [3.63, 3.8) is 0 Å². The minimum absolute atomic E-state index is 0.156.